The van der Waals surface area contributed by atoms with Gasteiger partial charge in [-0.3, -0.25) is 4.79 Å². The number of benzene rings is 1. The van der Waals surface area contributed by atoms with Crippen molar-refractivity contribution in [2.45, 2.75) is 54.0 Å². The van der Waals surface area contributed by atoms with Gasteiger partial charge in [0.2, 0.25) is 0 Å². The highest BCUT2D eigenvalue weighted by Crippen LogP contribution is 2.24. The van der Waals surface area contributed by atoms with Gasteiger partial charge in [-0.25, -0.2) is 4.79 Å². The first-order valence-electron chi connectivity index (χ1n) is 9.13. The molecule has 0 aromatic heterocycles. The first kappa shape index (κ1) is 21.8. The minimum atomic E-state index is -0.463. The Balaban J connectivity index is 2.53. The maximum absolute atomic E-state index is 12.1. The van der Waals surface area contributed by atoms with Crippen LogP contribution in [-0.4, -0.2) is 37.8 Å². The number of amides is 2. The van der Waals surface area contributed by atoms with Crippen molar-refractivity contribution in [1.82, 2.24) is 10.6 Å². The lowest BCUT2D eigenvalue weighted by molar-refractivity contribution is -0.123. The molecule has 0 heterocycles. The molecule has 1 atom stereocenters. The van der Waals surface area contributed by atoms with Crippen molar-refractivity contribution in [3.05, 3.63) is 28.8 Å². The molecule has 1 rings (SSSR count). The molecule has 0 bridgehead atoms. The largest absolute Gasteiger partial charge is 0.483 e. The Kier molecular flexibility index (Phi) is 8.96. The minimum absolute atomic E-state index is 0.0570. The molecule has 0 fully saturated rings. The molecule has 0 aliphatic rings. The molecular formula is C20H32N2O4. The fourth-order valence-corrected chi connectivity index (χ4v) is 2.92. The minimum Gasteiger partial charge on any atom is -0.483 e. The van der Waals surface area contributed by atoms with Crippen LogP contribution in [0.25, 0.3) is 0 Å². The van der Waals surface area contributed by atoms with Gasteiger partial charge in [0.15, 0.2) is 6.61 Å². The standard InChI is InChI=1S/C20H32N2O4/c1-7-25-20(24)22-17(8-13(2)3)11-21-18(23)12-26-19-15(5)9-14(4)10-16(19)6/h9-10,13,17H,7-8,11-12H2,1-6H3,(H,21,23)(H,22,24)/t17-/m0/s1. The monoisotopic (exact) mass is 364 g/mol. The van der Waals surface area contributed by atoms with E-state index < -0.39 is 6.09 Å². The lowest BCUT2D eigenvalue weighted by Gasteiger charge is -2.21. The van der Waals surface area contributed by atoms with Crippen molar-refractivity contribution in [3.63, 3.8) is 0 Å². The fourth-order valence-electron chi connectivity index (χ4n) is 2.92. The third kappa shape index (κ3) is 7.76. The van der Waals surface area contributed by atoms with Crippen molar-refractivity contribution in [2.75, 3.05) is 19.8 Å². The summed E-state index contributed by atoms with van der Waals surface area (Å²) in [6, 6.07) is 3.88. The second kappa shape index (κ2) is 10.7. The van der Waals surface area contributed by atoms with E-state index in [1.54, 1.807) is 6.92 Å². The van der Waals surface area contributed by atoms with E-state index in [-0.39, 0.29) is 18.6 Å². The summed E-state index contributed by atoms with van der Waals surface area (Å²) < 4.78 is 10.6. The number of hydrogen-bond acceptors (Lipinski definition) is 4. The van der Waals surface area contributed by atoms with Gasteiger partial charge in [-0.05, 0) is 51.2 Å². The molecule has 0 saturated carbocycles. The fraction of sp³-hybridized carbons (Fsp3) is 0.600. The highest BCUT2D eigenvalue weighted by Gasteiger charge is 2.16. The van der Waals surface area contributed by atoms with Crippen molar-refractivity contribution in [3.8, 4) is 5.75 Å². The van der Waals surface area contributed by atoms with Crippen molar-refractivity contribution >= 4 is 12.0 Å². The molecular weight excluding hydrogens is 332 g/mol. The smallest absolute Gasteiger partial charge is 0.407 e. The van der Waals surface area contributed by atoms with Gasteiger partial charge in [0.25, 0.3) is 5.91 Å². The number of nitrogens with one attached hydrogen (secondary N) is 2. The Labute approximate surface area is 156 Å². The lowest BCUT2D eigenvalue weighted by Crippen LogP contribution is -2.45. The molecule has 6 nitrogen and oxygen atoms in total. The molecule has 0 radical (unpaired) electrons. The molecule has 0 aliphatic heterocycles. The van der Waals surface area contributed by atoms with Crippen LogP contribution in [0.3, 0.4) is 0 Å². The zero-order chi connectivity index (χ0) is 19.7. The summed E-state index contributed by atoms with van der Waals surface area (Å²) in [5.74, 6) is 0.908. The van der Waals surface area contributed by atoms with Crippen molar-refractivity contribution < 1.29 is 19.1 Å². The van der Waals surface area contributed by atoms with Gasteiger partial charge in [0.1, 0.15) is 5.75 Å². The Morgan fingerprint density at radius 2 is 1.73 bits per heavy atom. The second-order valence-electron chi connectivity index (χ2n) is 7.01. The Morgan fingerprint density at radius 3 is 2.27 bits per heavy atom. The molecule has 1 aromatic carbocycles. The van der Waals surface area contributed by atoms with Crippen LogP contribution in [0.2, 0.25) is 0 Å². The second-order valence-corrected chi connectivity index (χ2v) is 7.01. The van der Waals surface area contributed by atoms with Crippen LogP contribution in [0.4, 0.5) is 4.79 Å². The van der Waals surface area contributed by atoms with Crippen LogP contribution in [0.5, 0.6) is 5.75 Å². The Morgan fingerprint density at radius 1 is 1.12 bits per heavy atom. The summed E-state index contributed by atoms with van der Waals surface area (Å²) >= 11 is 0. The Bertz CT molecular complexity index is 591. The molecule has 6 heteroatoms. The average molecular weight is 364 g/mol. The molecule has 0 aliphatic carbocycles. The summed E-state index contributed by atoms with van der Waals surface area (Å²) in [5, 5.41) is 5.61. The third-order valence-corrected chi connectivity index (χ3v) is 3.85. The summed E-state index contributed by atoms with van der Waals surface area (Å²) in [4.78, 5) is 23.7. The number of alkyl carbamates (subject to hydrolysis) is 1. The SMILES string of the molecule is CCOC(=O)N[C@H](CNC(=O)COc1c(C)cc(C)cc1C)CC(C)C. The Hall–Kier alpha value is -2.24. The molecule has 0 saturated heterocycles. The number of ether oxygens (including phenoxy) is 2. The van der Waals surface area contributed by atoms with Crippen molar-refractivity contribution in [2.24, 2.45) is 5.92 Å². The van der Waals surface area contributed by atoms with Crippen molar-refractivity contribution in [1.29, 1.82) is 0 Å². The molecule has 2 amide bonds. The van der Waals surface area contributed by atoms with Gasteiger partial charge in [0.05, 0.1) is 6.61 Å². The first-order chi connectivity index (χ1) is 12.2. The number of aryl methyl sites for hydroxylation is 3. The topological polar surface area (TPSA) is 76.7 Å². The van der Waals surface area contributed by atoms with E-state index in [1.165, 1.54) is 5.56 Å². The van der Waals surface area contributed by atoms with E-state index in [0.717, 1.165) is 23.3 Å². The lowest BCUT2D eigenvalue weighted by atomic mass is 10.0. The van der Waals surface area contributed by atoms with Crippen LogP contribution >= 0.6 is 0 Å². The van der Waals surface area contributed by atoms with E-state index in [2.05, 4.69) is 24.5 Å². The van der Waals surface area contributed by atoms with Gasteiger partial charge >= 0.3 is 6.09 Å². The number of hydrogen-bond donors (Lipinski definition) is 2. The molecule has 0 unspecified atom stereocenters. The molecule has 146 valence electrons. The highest BCUT2D eigenvalue weighted by molar-refractivity contribution is 5.77. The maximum atomic E-state index is 12.1. The van der Waals surface area contributed by atoms with E-state index >= 15 is 0 Å². The number of rotatable bonds is 9. The first-order valence-corrected chi connectivity index (χ1v) is 9.13. The van der Waals surface area contributed by atoms with Crippen LogP contribution < -0.4 is 15.4 Å². The summed E-state index contributed by atoms with van der Waals surface area (Å²) in [5.41, 5.74) is 3.19. The van der Waals surface area contributed by atoms with Gasteiger partial charge in [-0.15, -0.1) is 0 Å². The van der Waals surface area contributed by atoms with E-state index in [1.807, 2.05) is 32.9 Å². The van der Waals surface area contributed by atoms with E-state index in [0.29, 0.717) is 19.1 Å². The predicted octanol–water partition coefficient (Wildman–Crippen LogP) is 3.27. The van der Waals surface area contributed by atoms with Gasteiger partial charge in [-0.2, -0.15) is 0 Å². The zero-order valence-corrected chi connectivity index (χ0v) is 16.8. The normalized spacial score (nSPS) is 11.8. The average Bonchev–Trinajstić information content (AvgIpc) is 2.51. The number of carbonyl (C=O) groups excluding carboxylic acids is 2. The summed E-state index contributed by atoms with van der Waals surface area (Å²) in [7, 11) is 0. The van der Waals surface area contributed by atoms with E-state index in [9.17, 15) is 9.59 Å². The van der Waals surface area contributed by atoms with Crippen LogP contribution in [0.1, 0.15) is 43.9 Å². The van der Waals surface area contributed by atoms with Crippen LogP contribution in [0, 0.1) is 26.7 Å². The maximum Gasteiger partial charge on any atom is 0.407 e. The van der Waals surface area contributed by atoms with Gasteiger partial charge in [0, 0.05) is 12.6 Å². The molecule has 0 spiro atoms. The summed E-state index contributed by atoms with van der Waals surface area (Å²) in [6.07, 6.45) is 0.283. The summed E-state index contributed by atoms with van der Waals surface area (Å²) in [6.45, 7) is 12.4. The quantitative estimate of drug-likeness (QED) is 0.705. The highest BCUT2D eigenvalue weighted by atomic mass is 16.5. The third-order valence-electron chi connectivity index (χ3n) is 3.85. The molecule has 1 aromatic rings. The van der Waals surface area contributed by atoms with E-state index in [4.69, 9.17) is 9.47 Å². The predicted molar refractivity (Wildman–Crippen MR) is 103 cm³/mol. The number of carbonyl (C=O) groups is 2. The molecule has 26 heavy (non-hydrogen) atoms. The molecule has 2 N–H and O–H groups in total. The van der Waals surface area contributed by atoms with Gasteiger partial charge < -0.3 is 20.1 Å². The van der Waals surface area contributed by atoms with Gasteiger partial charge in [-0.1, -0.05) is 31.5 Å². The van der Waals surface area contributed by atoms with Crippen LogP contribution in [0.15, 0.2) is 12.1 Å². The zero-order valence-electron chi connectivity index (χ0n) is 16.8. The van der Waals surface area contributed by atoms with Crippen LogP contribution in [-0.2, 0) is 9.53 Å².